The number of carbonyl (C=O) groups excluding carboxylic acids is 1. The lowest BCUT2D eigenvalue weighted by Gasteiger charge is -2.20. The molecule has 0 bridgehead atoms. The Morgan fingerprint density at radius 1 is 1.06 bits per heavy atom. The molecule has 35 heavy (non-hydrogen) atoms. The monoisotopic (exact) mass is 493 g/mol. The van der Waals surface area contributed by atoms with Crippen LogP contribution in [0.4, 0.5) is 17.6 Å². The number of esters is 1. The van der Waals surface area contributed by atoms with E-state index in [1.807, 2.05) is 39.0 Å². The van der Waals surface area contributed by atoms with Crippen LogP contribution in [0.2, 0.25) is 0 Å². The Balaban J connectivity index is 1.48. The number of rotatable bonds is 7. The van der Waals surface area contributed by atoms with Crippen LogP contribution in [0, 0.1) is 0 Å². The molecule has 0 amide bonds. The summed E-state index contributed by atoms with van der Waals surface area (Å²) < 4.78 is 70.1. The third kappa shape index (κ3) is 5.71. The van der Waals surface area contributed by atoms with Crippen LogP contribution >= 0.6 is 0 Å². The van der Waals surface area contributed by atoms with E-state index in [0.29, 0.717) is 12.2 Å². The summed E-state index contributed by atoms with van der Waals surface area (Å²) in [6, 6.07) is 10.9. The van der Waals surface area contributed by atoms with Crippen molar-refractivity contribution in [1.29, 1.82) is 0 Å². The molecule has 1 aromatic heterocycles. The van der Waals surface area contributed by atoms with Crippen LogP contribution < -0.4 is 9.47 Å². The third-order valence-electron chi connectivity index (χ3n) is 5.82. The highest BCUT2D eigenvalue weighted by Crippen LogP contribution is 2.39. The molecule has 0 saturated heterocycles. The first-order chi connectivity index (χ1) is 16.4. The van der Waals surface area contributed by atoms with Gasteiger partial charge in [-0.15, -0.1) is 0 Å². The molecule has 2 aromatic carbocycles. The zero-order valence-corrected chi connectivity index (χ0v) is 19.7. The third-order valence-corrected chi connectivity index (χ3v) is 5.82. The first-order valence-corrected chi connectivity index (χ1v) is 11.3. The number of nitrogens with zero attached hydrogens (tertiary/aromatic N) is 1. The van der Waals surface area contributed by atoms with Gasteiger partial charge in [0.25, 0.3) is 0 Å². The van der Waals surface area contributed by atoms with Crippen molar-refractivity contribution in [3.8, 4) is 11.5 Å². The predicted octanol–water partition coefficient (Wildman–Crippen LogP) is 6.76. The van der Waals surface area contributed by atoms with E-state index in [4.69, 9.17) is 9.47 Å². The molecule has 5 nitrogen and oxygen atoms in total. The standard InChI is InChI=1S/C26H27F4NO4/c1-25(2,3)35-24(32)13-17-8-9-31-21-6-5-19(11-18(21)12-22(17)31)33-14-16-4-7-23(34-15-27)20(10-16)26(28,29)30/h4-7,10-12,17H,8-9,13-15H2,1-3H3. The second-order valence-corrected chi connectivity index (χ2v) is 9.59. The Morgan fingerprint density at radius 3 is 2.51 bits per heavy atom. The number of aromatic nitrogens is 1. The van der Waals surface area contributed by atoms with Gasteiger partial charge in [0.05, 0.1) is 12.0 Å². The van der Waals surface area contributed by atoms with Crippen LogP contribution in [0.5, 0.6) is 11.5 Å². The molecule has 0 aliphatic carbocycles. The number of fused-ring (bicyclic) bond motifs is 3. The molecular weight excluding hydrogens is 466 g/mol. The number of hydrogen-bond donors (Lipinski definition) is 0. The number of carbonyl (C=O) groups is 1. The van der Waals surface area contributed by atoms with Gasteiger partial charge >= 0.3 is 12.1 Å². The molecule has 4 rings (SSSR count). The van der Waals surface area contributed by atoms with E-state index in [2.05, 4.69) is 9.30 Å². The van der Waals surface area contributed by atoms with Gasteiger partial charge in [-0.3, -0.25) is 4.79 Å². The molecule has 0 saturated carbocycles. The molecule has 1 aliphatic heterocycles. The van der Waals surface area contributed by atoms with E-state index in [9.17, 15) is 22.4 Å². The van der Waals surface area contributed by atoms with Crippen LogP contribution in [-0.4, -0.2) is 23.0 Å². The lowest BCUT2D eigenvalue weighted by Crippen LogP contribution is -2.24. The van der Waals surface area contributed by atoms with Crippen LogP contribution in [-0.2, 0) is 28.9 Å². The fourth-order valence-corrected chi connectivity index (χ4v) is 4.41. The van der Waals surface area contributed by atoms with Crippen molar-refractivity contribution in [1.82, 2.24) is 4.57 Å². The summed E-state index contributed by atoms with van der Waals surface area (Å²) in [6.07, 6.45) is -3.52. The summed E-state index contributed by atoms with van der Waals surface area (Å²) in [5, 5.41) is 0.925. The van der Waals surface area contributed by atoms with Gasteiger partial charge in [-0.1, -0.05) is 6.07 Å². The molecule has 188 valence electrons. The van der Waals surface area contributed by atoms with Gasteiger partial charge in [0.2, 0.25) is 6.86 Å². The highest BCUT2D eigenvalue weighted by Gasteiger charge is 2.35. The zero-order chi connectivity index (χ0) is 25.4. The number of hydrogen-bond acceptors (Lipinski definition) is 4. The van der Waals surface area contributed by atoms with E-state index in [1.54, 1.807) is 6.07 Å². The Kier molecular flexibility index (Phi) is 6.71. The molecule has 9 heteroatoms. The zero-order valence-electron chi connectivity index (χ0n) is 19.7. The van der Waals surface area contributed by atoms with Crippen molar-refractivity contribution in [3.05, 3.63) is 59.3 Å². The van der Waals surface area contributed by atoms with Gasteiger partial charge in [-0.25, -0.2) is 4.39 Å². The molecule has 0 fully saturated rings. The predicted molar refractivity (Wildman–Crippen MR) is 122 cm³/mol. The van der Waals surface area contributed by atoms with E-state index < -0.39 is 30.0 Å². The van der Waals surface area contributed by atoms with Gasteiger partial charge in [0.15, 0.2) is 0 Å². The maximum Gasteiger partial charge on any atom is 0.419 e. The smallest absolute Gasteiger partial charge is 0.419 e. The average Bonchev–Trinajstić information content (AvgIpc) is 3.30. The van der Waals surface area contributed by atoms with Crippen molar-refractivity contribution in [2.75, 3.05) is 6.86 Å². The summed E-state index contributed by atoms with van der Waals surface area (Å²) in [7, 11) is 0. The largest absolute Gasteiger partial charge is 0.489 e. The Labute approximate surface area is 200 Å². The molecule has 0 N–H and O–H groups in total. The highest BCUT2D eigenvalue weighted by molar-refractivity contribution is 5.84. The fourth-order valence-electron chi connectivity index (χ4n) is 4.41. The van der Waals surface area contributed by atoms with Gasteiger partial charge in [-0.2, -0.15) is 13.2 Å². The average molecular weight is 493 g/mol. The summed E-state index contributed by atoms with van der Waals surface area (Å²) >= 11 is 0. The molecule has 1 unspecified atom stereocenters. The van der Waals surface area contributed by atoms with Crippen LogP contribution in [0.25, 0.3) is 10.9 Å². The van der Waals surface area contributed by atoms with Gasteiger partial charge in [-0.05, 0) is 69.2 Å². The van der Waals surface area contributed by atoms with E-state index >= 15 is 0 Å². The highest BCUT2D eigenvalue weighted by atomic mass is 19.4. The number of halogens is 4. The topological polar surface area (TPSA) is 49.7 Å². The second-order valence-electron chi connectivity index (χ2n) is 9.59. The second kappa shape index (κ2) is 9.43. The fraction of sp³-hybridized carbons (Fsp3) is 0.423. The molecule has 0 spiro atoms. The van der Waals surface area contributed by atoms with E-state index in [1.165, 1.54) is 6.07 Å². The van der Waals surface area contributed by atoms with Crippen molar-refractivity contribution in [2.24, 2.45) is 0 Å². The first kappa shape index (κ1) is 24.9. The van der Waals surface area contributed by atoms with Crippen molar-refractivity contribution in [3.63, 3.8) is 0 Å². The Hall–Kier alpha value is -3.23. The van der Waals surface area contributed by atoms with Gasteiger partial charge < -0.3 is 18.8 Å². The van der Waals surface area contributed by atoms with Crippen LogP contribution in [0.1, 0.15) is 56.4 Å². The maximum absolute atomic E-state index is 13.3. The minimum absolute atomic E-state index is 0.0625. The minimum Gasteiger partial charge on any atom is -0.489 e. The van der Waals surface area contributed by atoms with Crippen molar-refractivity contribution < 1.29 is 36.6 Å². The number of ether oxygens (including phenoxy) is 3. The Bertz CT molecular complexity index is 1230. The minimum atomic E-state index is -4.68. The Morgan fingerprint density at radius 2 is 1.83 bits per heavy atom. The van der Waals surface area contributed by atoms with Gasteiger partial charge in [0, 0.05) is 29.1 Å². The number of aryl methyl sites for hydroxylation is 1. The van der Waals surface area contributed by atoms with Gasteiger partial charge in [0.1, 0.15) is 23.7 Å². The van der Waals surface area contributed by atoms with E-state index in [-0.39, 0.29) is 24.1 Å². The SMILES string of the molecule is CC(C)(C)OC(=O)CC1CCn2c1cc1cc(OCc3ccc(OCF)c(C(F)(F)F)c3)ccc12. The molecule has 1 atom stereocenters. The number of benzene rings is 2. The molecule has 1 aliphatic rings. The molecule has 2 heterocycles. The lowest BCUT2D eigenvalue weighted by atomic mass is 10.00. The quantitative estimate of drug-likeness (QED) is 0.269. The molecule has 0 radical (unpaired) electrons. The number of alkyl halides is 4. The van der Waals surface area contributed by atoms with E-state index in [0.717, 1.165) is 41.7 Å². The summed E-state index contributed by atoms with van der Waals surface area (Å²) in [4.78, 5) is 12.3. The summed E-state index contributed by atoms with van der Waals surface area (Å²) in [5.41, 5.74) is 0.759. The van der Waals surface area contributed by atoms with Crippen LogP contribution in [0.3, 0.4) is 0 Å². The molecular formula is C26H27F4NO4. The molecule has 3 aromatic rings. The first-order valence-electron chi connectivity index (χ1n) is 11.3. The van der Waals surface area contributed by atoms with Crippen molar-refractivity contribution >= 4 is 16.9 Å². The van der Waals surface area contributed by atoms with Crippen LogP contribution in [0.15, 0.2) is 42.5 Å². The summed E-state index contributed by atoms with van der Waals surface area (Å²) in [5.74, 6) is -0.226. The maximum atomic E-state index is 13.3. The normalized spacial score (nSPS) is 15.8. The summed E-state index contributed by atoms with van der Waals surface area (Å²) in [6.45, 7) is 4.87. The van der Waals surface area contributed by atoms with Crippen molar-refractivity contribution in [2.45, 2.75) is 64.5 Å². The lowest BCUT2D eigenvalue weighted by molar-refractivity contribution is -0.155.